The highest BCUT2D eigenvalue weighted by molar-refractivity contribution is 7.18. The smallest absolute Gasteiger partial charge is 0.227 e. The number of thiazole rings is 1. The van der Waals surface area contributed by atoms with Gasteiger partial charge in [-0.1, -0.05) is 30.3 Å². The van der Waals surface area contributed by atoms with Gasteiger partial charge in [-0.3, -0.25) is 4.79 Å². The lowest BCUT2D eigenvalue weighted by molar-refractivity contribution is -0.118. The summed E-state index contributed by atoms with van der Waals surface area (Å²) in [5.41, 5.74) is 3.38. The van der Waals surface area contributed by atoms with E-state index in [9.17, 15) is 4.79 Å². The summed E-state index contributed by atoms with van der Waals surface area (Å²) >= 11 is 1.69. The maximum Gasteiger partial charge on any atom is 0.227 e. The molecule has 0 atom stereocenters. The number of hydrogen-bond acceptors (Lipinski definition) is 3. The first-order valence-electron chi connectivity index (χ1n) is 7.54. The van der Waals surface area contributed by atoms with Crippen molar-refractivity contribution in [3.63, 3.8) is 0 Å². The summed E-state index contributed by atoms with van der Waals surface area (Å²) in [6.07, 6.45) is 2.20. The number of amides is 1. The SMILES string of the molecule is O=C(CCc1nc2ccccc2s1)N1CCc2ccccc21. The zero-order valence-corrected chi connectivity index (χ0v) is 13.0. The second kappa shape index (κ2) is 5.54. The summed E-state index contributed by atoms with van der Waals surface area (Å²) in [5.74, 6) is 0.198. The molecule has 0 radical (unpaired) electrons. The highest BCUT2D eigenvalue weighted by Gasteiger charge is 2.23. The molecule has 3 nitrogen and oxygen atoms in total. The molecule has 110 valence electrons. The van der Waals surface area contributed by atoms with Crippen LogP contribution in [0.25, 0.3) is 10.2 Å². The van der Waals surface area contributed by atoms with Crippen LogP contribution >= 0.6 is 11.3 Å². The van der Waals surface area contributed by atoms with E-state index in [-0.39, 0.29) is 5.91 Å². The lowest BCUT2D eigenvalue weighted by atomic mass is 10.2. The van der Waals surface area contributed by atoms with Crippen LogP contribution in [0.2, 0.25) is 0 Å². The molecule has 22 heavy (non-hydrogen) atoms. The van der Waals surface area contributed by atoms with Crippen molar-refractivity contribution in [2.75, 3.05) is 11.4 Å². The van der Waals surface area contributed by atoms with Crippen molar-refractivity contribution in [3.05, 3.63) is 59.1 Å². The quantitative estimate of drug-likeness (QED) is 0.737. The molecule has 0 aliphatic carbocycles. The lowest BCUT2D eigenvalue weighted by Crippen LogP contribution is -2.28. The number of nitrogens with zero attached hydrogens (tertiary/aromatic N) is 2. The van der Waals surface area contributed by atoms with Crippen molar-refractivity contribution in [2.24, 2.45) is 0 Å². The number of para-hydroxylation sites is 2. The second-order valence-electron chi connectivity index (χ2n) is 5.50. The molecule has 1 amide bonds. The van der Waals surface area contributed by atoms with Crippen molar-refractivity contribution in [3.8, 4) is 0 Å². The predicted molar refractivity (Wildman–Crippen MR) is 90.4 cm³/mol. The molecule has 1 aromatic heterocycles. The Morgan fingerprint density at radius 3 is 2.86 bits per heavy atom. The van der Waals surface area contributed by atoms with E-state index in [1.165, 1.54) is 10.3 Å². The fraction of sp³-hybridized carbons (Fsp3) is 0.222. The highest BCUT2D eigenvalue weighted by atomic mass is 32.1. The molecule has 0 saturated carbocycles. The van der Waals surface area contributed by atoms with Crippen molar-refractivity contribution in [2.45, 2.75) is 19.3 Å². The fourth-order valence-corrected chi connectivity index (χ4v) is 3.94. The minimum Gasteiger partial charge on any atom is -0.312 e. The van der Waals surface area contributed by atoms with E-state index in [0.717, 1.165) is 35.6 Å². The van der Waals surface area contributed by atoms with Gasteiger partial charge in [0.25, 0.3) is 0 Å². The average Bonchev–Trinajstić information content (AvgIpc) is 3.16. The van der Waals surface area contributed by atoms with Gasteiger partial charge in [0.2, 0.25) is 5.91 Å². The summed E-state index contributed by atoms with van der Waals surface area (Å²) in [7, 11) is 0. The molecular weight excluding hydrogens is 292 g/mol. The number of aromatic nitrogens is 1. The number of aryl methyl sites for hydroxylation is 1. The summed E-state index contributed by atoms with van der Waals surface area (Å²) in [6, 6.07) is 16.3. The zero-order valence-electron chi connectivity index (χ0n) is 12.2. The lowest BCUT2D eigenvalue weighted by Gasteiger charge is -2.16. The number of carbonyl (C=O) groups is 1. The van der Waals surface area contributed by atoms with E-state index in [1.54, 1.807) is 11.3 Å². The van der Waals surface area contributed by atoms with Gasteiger partial charge in [0, 0.05) is 25.1 Å². The van der Waals surface area contributed by atoms with E-state index in [4.69, 9.17) is 0 Å². The highest BCUT2D eigenvalue weighted by Crippen LogP contribution is 2.28. The molecule has 0 saturated heterocycles. The topological polar surface area (TPSA) is 33.2 Å². The Labute approximate surface area is 133 Å². The van der Waals surface area contributed by atoms with Crippen LogP contribution in [0.5, 0.6) is 0 Å². The van der Waals surface area contributed by atoms with Crippen molar-refractivity contribution < 1.29 is 4.79 Å². The molecule has 4 heteroatoms. The molecular formula is C18H16N2OS. The minimum atomic E-state index is 0.198. The summed E-state index contributed by atoms with van der Waals surface area (Å²) in [5, 5.41) is 1.04. The third kappa shape index (κ3) is 2.40. The Morgan fingerprint density at radius 2 is 1.95 bits per heavy atom. The van der Waals surface area contributed by atoms with E-state index < -0.39 is 0 Å². The van der Waals surface area contributed by atoms with Gasteiger partial charge in [0.1, 0.15) is 0 Å². The number of fused-ring (bicyclic) bond motifs is 2. The Hall–Kier alpha value is -2.20. The van der Waals surface area contributed by atoms with Crippen LogP contribution in [0.15, 0.2) is 48.5 Å². The molecule has 1 aliphatic heterocycles. The van der Waals surface area contributed by atoms with Crippen molar-refractivity contribution >= 4 is 33.1 Å². The van der Waals surface area contributed by atoms with Gasteiger partial charge in [-0.15, -0.1) is 11.3 Å². The van der Waals surface area contributed by atoms with E-state index >= 15 is 0 Å². The third-order valence-corrected chi connectivity index (χ3v) is 5.18. The standard InChI is InChI=1S/C18H16N2OS/c21-18(20-12-11-13-5-1-3-7-15(13)20)10-9-17-19-14-6-2-4-8-16(14)22-17/h1-8H,9-12H2. The van der Waals surface area contributed by atoms with Crippen LogP contribution in [-0.2, 0) is 17.6 Å². The van der Waals surface area contributed by atoms with Gasteiger partial charge >= 0.3 is 0 Å². The third-order valence-electron chi connectivity index (χ3n) is 4.08. The molecule has 0 N–H and O–H groups in total. The fourth-order valence-electron chi connectivity index (χ4n) is 2.97. The van der Waals surface area contributed by atoms with Crippen molar-refractivity contribution in [1.82, 2.24) is 4.98 Å². The number of hydrogen-bond donors (Lipinski definition) is 0. The van der Waals surface area contributed by atoms with E-state index in [0.29, 0.717) is 6.42 Å². The maximum absolute atomic E-state index is 12.5. The van der Waals surface area contributed by atoms with E-state index in [2.05, 4.69) is 17.1 Å². The number of anilines is 1. The van der Waals surface area contributed by atoms with Gasteiger partial charge in [-0.25, -0.2) is 4.98 Å². The maximum atomic E-state index is 12.5. The molecule has 0 spiro atoms. The Balaban J connectivity index is 1.47. The van der Waals surface area contributed by atoms with Gasteiger partial charge in [-0.05, 0) is 30.2 Å². The summed E-state index contributed by atoms with van der Waals surface area (Å²) < 4.78 is 1.19. The van der Waals surface area contributed by atoms with Crippen LogP contribution in [0.3, 0.4) is 0 Å². The summed E-state index contributed by atoms with van der Waals surface area (Å²) in [6.45, 7) is 0.804. The molecule has 2 aromatic carbocycles. The molecule has 2 heterocycles. The largest absolute Gasteiger partial charge is 0.312 e. The van der Waals surface area contributed by atoms with Gasteiger partial charge in [0.05, 0.1) is 15.2 Å². The zero-order chi connectivity index (χ0) is 14.9. The first-order chi connectivity index (χ1) is 10.8. The normalized spacial score (nSPS) is 13.5. The van der Waals surface area contributed by atoms with Crippen LogP contribution in [0, 0.1) is 0 Å². The van der Waals surface area contributed by atoms with Crippen LogP contribution < -0.4 is 4.90 Å². The first kappa shape index (κ1) is 13.5. The molecule has 3 aromatic rings. The molecule has 0 fully saturated rings. The van der Waals surface area contributed by atoms with Gasteiger partial charge < -0.3 is 4.90 Å². The number of rotatable bonds is 3. The molecule has 4 rings (SSSR count). The Morgan fingerprint density at radius 1 is 1.14 bits per heavy atom. The Bertz CT molecular complexity index is 807. The molecule has 1 aliphatic rings. The number of carbonyl (C=O) groups excluding carboxylic acids is 1. The van der Waals surface area contributed by atoms with Crippen LogP contribution in [-0.4, -0.2) is 17.4 Å². The minimum absolute atomic E-state index is 0.198. The molecule has 0 unspecified atom stereocenters. The predicted octanol–water partition coefficient (Wildman–Crippen LogP) is 3.82. The van der Waals surface area contributed by atoms with Crippen LogP contribution in [0.1, 0.15) is 17.0 Å². The average molecular weight is 308 g/mol. The molecule has 0 bridgehead atoms. The Kier molecular flexibility index (Phi) is 3.39. The number of benzene rings is 2. The first-order valence-corrected chi connectivity index (χ1v) is 8.35. The monoisotopic (exact) mass is 308 g/mol. The van der Waals surface area contributed by atoms with Gasteiger partial charge in [0.15, 0.2) is 0 Å². The summed E-state index contributed by atoms with van der Waals surface area (Å²) in [4.78, 5) is 19.0. The van der Waals surface area contributed by atoms with Crippen LogP contribution in [0.4, 0.5) is 5.69 Å². The van der Waals surface area contributed by atoms with E-state index in [1.807, 2.05) is 41.3 Å². The van der Waals surface area contributed by atoms with Gasteiger partial charge in [-0.2, -0.15) is 0 Å². The second-order valence-corrected chi connectivity index (χ2v) is 6.61. The van der Waals surface area contributed by atoms with Crippen molar-refractivity contribution in [1.29, 1.82) is 0 Å².